The number of carbonyl (C=O) groups is 1. The number of carbonyl (C=O) groups excluding carboxylic acids is 1. The number of benzene rings is 1. The third kappa shape index (κ3) is 2.43. The Morgan fingerprint density at radius 2 is 2.04 bits per heavy atom. The van der Waals surface area contributed by atoms with E-state index in [-0.39, 0.29) is 11.2 Å². The van der Waals surface area contributed by atoms with Gasteiger partial charge in [-0.2, -0.15) is 5.10 Å². The van der Waals surface area contributed by atoms with E-state index in [4.69, 9.17) is 16.6 Å². The molecular weight excluding hydrogens is 310 g/mol. The van der Waals surface area contributed by atoms with Gasteiger partial charge in [0, 0.05) is 23.2 Å². The summed E-state index contributed by atoms with van der Waals surface area (Å²) in [4.78, 5) is 17.1. The smallest absolute Gasteiger partial charge is 0.166 e. The number of hydrogen-bond donors (Lipinski definition) is 0. The van der Waals surface area contributed by atoms with Crippen molar-refractivity contribution in [2.24, 2.45) is 5.41 Å². The molecule has 2 heterocycles. The second kappa shape index (κ2) is 4.90. The van der Waals surface area contributed by atoms with Crippen molar-refractivity contribution in [3.05, 3.63) is 52.9 Å². The molecule has 0 radical (unpaired) electrons. The fraction of sp³-hybridized carbons (Fsp3) is 0.278. The maximum atomic E-state index is 12.4. The van der Waals surface area contributed by atoms with Crippen LogP contribution in [0, 0.1) is 5.41 Å². The van der Waals surface area contributed by atoms with E-state index < -0.39 is 0 Å². The van der Waals surface area contributed by atoms with E-state index in [9.17, 15) is 4.79 Å². The Bertz CT molecular complexity index is 943. The molecule has 23 heavy (non-hydrogen) atoms. The molecule has 4 nitrogen and oxygen atoms in total. The largest absolute Gasteiger partial charge is 0.294 e. The van der Waals surface area contributed by atoms with E-state index in [0.717, 1.165) is 28.9 Å². The minimum atomic E-state index is -0.0499. The molecule has 1 aliphatic rings. The summed E-state index contributed by atoms with van der Waals surface area (Å²) < 4.78 is 1.69. The Morgan fingerprint density at radius 3 is 2.83 bits per heavy atom. The highest BCUT2D eigenvalue weighted by atomic mass is 35.5. The molecule has 0 saturated heterocycles. The van der Waals surface area contributed by atoms with Crippen LogP contribution in [0.5, 0.6) is 0 Å². The zero-order chi connectivity index (χ0) is 16.2. The van der Waals surface area contributed by atoms with Gasteiger partial charge in [0.2, 0.25) is 0 Å². The molecule has 0 fully saturated rings. The fourth-order valence-corrected chi connectivity index (χ4v) is 3.41. The molecule has 0 saturated carbocycles. The minimum absolute atomic E-state index is 0.0499. The molecule has 0 atom stereocenters. The van der Waals surface area contributed by atoms with E-state index in [1.54, 1.807) is 10.7 Å². The lowest BCUT2D eigenvalue weighted by Crippen LogP contribution is -2.28. The summed E-state index contributed by atoms with van der Waals surface area (Å²) >= 11 is 6.09. The van der Waals surface area contributed by atoms with Gasteiger partial charge in [-0.3, -0.25) is 4.79 Å². The van der Waals surface area contributed by atoms with Crippen LogP contribution in [0.2, 0.25) is 5.02 Å². The van der Waals surface area contributed by atoms with Crippen molar-refractivity contribution in [2.45, 2.75) is 26.7 Å². The summed E-state index contributed by atoms with van der Waals surface area (Å²) in [5.74, 6) is 0.144. The van der Waals surface area contributed by atoms with Crippen LogP contribution in [0.15, 0.2) is 36.7 Å². The molecule has 1 aliphatic carbocycles. The van der Waals surface area contributed by atoms with E-state index in [0.29, 0.717) is 17.0 Å². The van der Waals surface area contributed by atoms with Crippen LogP contribution in [-0.4, -0.2) is 20.4 Å². The van der Waals surface area contributed by atoms with Gasteiger partial charge in [0.05, 0.1) is 17.5 Å². The molecule has 4 rings (SSSR count). The molecule has 0 spiro atoms. The highest BCUT2D eigenvalue weighted by molar-refractivity contribution is 6.30. The van der Waals surface area contributed by atoms with Gasteiger partial charge in [0.25, 0.3) is 0 Å². The average molecular weight is 326 g/mol. The number of rotatable bonds is 1. The lowest BCUT2D eigenvalue weighted by Gasteiger charge is -2.29. The van der Waals surface area contributed by atoms with Crippen molar-refractivity contribution < 1.29 is 4.79 Å². The van der Waals surface area contributed by atoms with Crippen LogP contribution in [0.25, 0.3) is 16.8 Å². The van der Waals surface area contributed by atoms with Crippen molar-refractivity contribution >= 4 is 23.0 Å². The maximum absolute atomic E-state index is 12.4. The molecule has 0 amide bonds. The second-order valence-electron chi connectivity index (χ2n) is 6.88. The highest BCUT2D eigenvalue weighted by Gasteiger charge is 2.32. The summed E-state index contributed by atoms with van der Waals surface area (Å²) in [6, 6.07) is 7.63. The van der Waals surface area contributed by atoms with Crippen LogP contribution < -0.4 is 0 Å². The van der Waals surface area contributed by atoms with Crippen molar-refractivity contribution in [3.63, 3.8) is 0 Å². The monoisotopic (exact) mass is 325 g/mol. The molecule has 0 N–H and O–H groups in total. The lowest BCUT2D eigenvalue weighted by atomic mass is 9.76. The van der Waals surface area contributed by atoms with E-state index >= 15 is 0 Å². The van der Waals surface area contributed by atoms with Crippen molar-refractivity contribution in [1.82, 2.24) is 14.6 Å². The van der Waals surface area contributed by atoms with E-state index in [1.165, 1.54) is 0 Å². The summed E-state index contributed by atoms with van der Waals surface area (Å²) in [6.07, 6.45) is 4.93. The lowest BCUT2D eigenvalue weighted by molar-refractivity contribution is 0.0909. The number of nitrogens with zero attached hydrogens (tertiary/aromatic N) is 3. The Balaban J connectivity index is 1.92. The summed E-state index contributed by atoms with van der Waals surface area (Å²) in [5.41, 5.74) is 4.16. The van der Waals surface area contributed by atoms with Crippen molar-refractivity contribution in [1.29, 1.82) is 0 Å². The third-order valence-electron chi connectivity index (χ3n) is 4.29. The first-order valence-electron chi connectivity index (χ1n) is 7.59. The van der Waals surface area contributed by atoms with E-state index in [2.05, 4.69) is 18.9 Å². The standard InChI is InChI=1S/C18H16ClN3O/c1-18(2)7-15-14(16(23)8-18)10-22-17(21-15)13(9-20-22)11-4-3-5-12(19)6-11/h3-6,9-10H,7-8H2,1-2H3. The Kier molecular flexibility index (Phi) is 3.07. The SMILES string of the molecule is CC1(C)CC(=O)c2cn3ncc(-c4cccc(Cl)c4)c3nc2C1. The summed E-state index contributed by atoms with van der Waals surface area (Å²) in [5, 5.41) is 5.04. The van der Waals surface area contributed by atoms with Gasteiger partial charge in [-0.15, -0.1) is 0 Å². The third-order valence-corrected chi connectivity index (χ3v) is 4.53. The van der Waals surface area contributed by atoms with Gasteiger partial charge >= 0.3 is 0 Å². The van der Waals surface area contributed by atoms with Gasteiger partial charge in [-0.1, -0.05) is 37.6 Å². The maximum Gasteiger partial charge on any atom is 0.166 e. The highest BCUT2D eigenvalue weighted by Crippen LogP contribution is 2.35. The molecule has 0 unspecified atom stereocenters. The fourth-order valence-electron chi connectivity index (χ4n) is 3.22. The predicted octanol–water partition coefficient (Wildman–Crippen LogP) is 4.20. The number of fused-ring (bicyclic) bond motifs is 2. The number of aromatic nitrogens is 3. The normalized spacial score (nSPS) is 16.6. The van der Waals surface area contributed by atoms with Crippen LogP contribution in [0.3, 0.4) is 0 Å². The Hall–Kier alpha value is -2.20. The quantitative estimate of drug-likeness (QED) is 0.673. The predicted molar refractivity (Wildman–Crippen MR) is 89.9 cm³/mol. The van der Waals surface area contributed by atoms with Gasteiger partial charge in [-0.05, 0) is 29.5 Å². The summed E-state index contributed by atoms with van der Waals surface area (Å²) in [6.45, 7) is 4.21. The molecular formula is C18H16ClN3O. The first kappa shape index (κ1) is 14.4. The molecule has 3 aromatic rings. The number of ketones is 1. The zero-order valence-electron chi connectivity index (χ0n) is 13.0. The second-order valence-corrected chi connectivity index (χ2v) is 7.32. The van der Waals surface area contributed by atoms with Crippen LogP contribution in [0.1, 0.15) is 36.3 Å². The van der Waals surface area contributed by atoms with Gasteiger partial charge in [0.15, 0.2) is 11.4 Å². The number of halogens is 1. The average Bonchev–Trinajstić information content (AvgIpc) is 2.87. The molecule has 116 valence electrons. The molecule has 0 bridgehead atoms. The molecule has 2 aromatic heterocycles. The van der Waals surface area contributed by atoms with E-state index in [1.807, 2.05) is 30.5 Å². The first-order valence-corrected chi connectivity index (χ1v) is 7.97. The van der Waals surface area contributed by atoms with Gasteiger partial charge in [-0.25, -0.2) is 9.50 Å². The first-order chi connectivity index (χ1) is 10.9. The molecule has 5 heteroatoms. The van der Waals surface area contributed by atoms with Gasteiger partial charge in [0.1, 0.15) is 0 Å². The molecule has 1 aromatic carbocycles. The topological polar surface area (TPSA) is 47.3 Å². The van der Waals surface area contributed by atoms with Crippen LogP contribution in [0.4, 0.5) is 0 Å². The van der Waals surface area contributed by atoms with Crippen LogP contribution >= 0.6 is 11.6 Å². The Labute approximate surface area is 139 Å². The minimum Gasteiger partial charge on any atom is -0.294 e. The van der Waals surface area contributed by atoms with Gasteiger partial charge < -0.3 is 0 Å². The molecule has 0 aliphatic heterocycles. The Morgan fingerprint density at radius 1 is 1.22 bits per heavy atom. The number of Topliss-reactive ketones (excluding diaryl/α,β-unsaturated/α-hetero) is 1. The number of hydrogen-bond acceptors (Lipinski definition) is 3. The van der Waals surface area contributed by atoms with Crippen molar-refractivity contribution in [2.75, 3.05) is 0 Å². The van der Waals surface area contributed by atoms with Crippen molar-refractivity contribution in [3.8, 4) is 11.1 Å². The van der Waals surface area contributed by atoms with Crippen LogP contribution in [-0.2, 0) is 6.42 Å². The zero-order valence-corrected chi connectivity index (χ0v) is 13.8. The summed E-state index contributed by atoms with van der Waals surface area (Å²) in [7, 11) is 0.